The Kier molecular flexibility index (Phi) is 6.88. The Morgan fingerprint density at radius 1 is 1.19 bits per heavy atom. The number of rotatable bonds is 8. The SMILES string of the molecule is Cc1ccc(OCCNC(=O)CN(c2cccc(Cl)c2)S(C)(=O)=O)cc1. The van der Waals surface area contributed by atoms with Gasteiger partial charge in [0.2, 0.25) is 15.9 Å². The van der Waals surface area contributed by atoms with Crippen molar-refractivity contribution in [2.45, 2.75) is 6.92 Å². The van der Waals surface area contributed by atoms with Crippen molar-refractivity contribution >= 4 is 33.2 Å². The molecule has 0 radical (unpaired) electrons. The van der Waals surface area contributed by atoms with Crippen molar-refractivity contribution in [1.29, 1.82) is 0 Å². The molecule has 0 bridgehead atoms. The van der Waals surface area contributed by atoms with Gasteiger partial charge in [-0.2, -0.15) is 0 Å². The maximum Gasteiger partial charge on any atom is 0.240 e. The number of ether oxygens (including phenoxy) is 1. The van der Waals surface area contributed by atoms with Gasteiger partial charge in [-0.15, -0.1) is 0 Å². The molecule has 2 aromatic carbocycles. The van der Waals surface area contributed by atoms with Crippen LogP contribution in [0.4, 0.5) is 5.69 Å². The minimum Gasteiger partial charge on any atom is -0.492 e. The first-order chi connectivity index (χ1) is 12.3. The molecule has 0 saturated carbocycles. The lowest BCUT2D eigenvalue weighted by Gasteiger charge is -2.22. The molecule has 6 nitrogen and oxygen atoms in total. The first-order valence-corrected chi connectivity index (χ1v) is 10.2. The topological polar surface area (TPSA) is 75.7 Å². The van der Waals surface area contributed by atoms with Crippen LogP contribution in [0.1, 0.15) is 5.56 Å². The molecule has 0 aliphatic carbocycles. The number of benzene rings is 2. The van der Waals surface area contributed by atoms with Crippen LogP contribution in [0.5, 0.6) is 5.75 Å². The second-order valence-electron chi connectivity index (χ2n) is 5.76. The third-order valence-electron chi connectivity index (χ3n) is 3.50. The highest BCUT2D eigenvalue weighted by Crippen LogP contribution is 2.21. The molecule has 2 aromatic rings. The molecule has 0 saturated heterocycles. The average molecular weight is 397 g/mol. The highest BCUT2D eigenvalue weighted by Gasteiger charge is 2.20. The third-order valence-corrected chi connectivity index (χ3v) is 4.87. The lowest BCUT2D eigenvalue weighted by molar-refractivity contribution is -0.119. The summed E-state index contributed by atoms with van der Waals surface area (Å²) >= 11 is 5.91. The zero-order valence-corrected chi connectivity index (χ0v) is 16.2. The monoisotopic (exact) mass is 396 g/mol. The fourth-order valence-corrected chi connectivity index (χ4v) is 3.24. The lowest BCUT2D eigenvalue weighted by Crippen LogP contribution is -2.41. The van der Waals surface area contributed by atoms with Crippen LogP contribution in [0.3, 0.4) is 0 Å². The molecule has 0 fully saturated rings. The number of anilines is 1. The van der Waals surface area contributed by atoms with Crippen molar-refractivity contribution in [3.8, 4) is 5.75 Å². The van der Waals surface area contributed by atoms with Crippen LogP contribution in [-0.2, 0) is 14.8 Å². The number of carbonyl (C=O) groups excluding carboxylic acids is 1. The molecular weight excluding hydrogens is 376 g/mol. The zero-order chi connectivity index (χ0) is 19.2. The molecule has 1 amide bonds. The van der Waals surface area contributed by atoms with Gasteiger partial charge in [0.15, 0.2) is 0 Å². The van der Waals surface area contributed by atoms with E-state index in [1.807, 2.05) is 31.2 Å². The third kappa shape index (κ3) is 6.24. The quantitative estimate of drug-likeness (QED) is 0.696. The minimum atomic E-state index is -3.62. The molecule has 0 heterocycles. The highest BCUT2D eigenvalue weighted by molar-refractivity contribution is 7.92. The molecule has 0 spiro atoms. The maximum absolute atomic E-state index is 12.1. The van der Waals surface area contributed by atoms with Gasteiger partial charge in [-0.25, -0.2) is 8.42 Å². The normalized spacial score (nSPS) is 11.0. The number of aryl methyl sites for hydroxylation is 1. The number of halogens is 1. The Hall–Kier alpha value is -2.25. The minimum absolute atomic E-state index is 0.264. The number of sulfonamides is 1. The molecule has 2 rings (SSSR count). The number of carbonyl (C=O) groups is 1. The van der Waals surface area contributed by atoms with Gasteiger partial charge in [-0.3, -0.25) is 9.10 Å². The van der Waals surface area contributed by atoms with E-state index < -0.39 is 15.9 Å². The number of hydrogen-bond acceptors (Lipinski definition) is 4. The van der Waals surface area contributed by atoms with E-state index in [4.69, 9.17) is 16.3 Å². The second-order valence-corrected chi connectivity index (χ2v) is 8.10. The zero-order valence-electron chi connectivity index (χ0n) is 14.6. The van der Waals surface area contributed by atoms with Gasteiger partial charge in [-0.1, -0.05) is 35.4 Å². The summed E-state index contributed by atoms with van der Waals surface area (Å²) in [5.41, 5.74) is 1.47. The molecular formula is C18H21ClN2O4S. The van der Waals surface area contributed by atoms with Crippen LogP contribution in [0.15, 0.2) is 48.5 Å². The smallest absolute Gasteiger partial charge is 0.240 e. The van der Waals surface area contributed by atoms with Crippen molar-refractivity contribution in [2.24, 2.45) is 0 Å². The highest BCUT2D eigenvalue weighted by atomic mass is 35.5. The molecule has 8 heteroatoms. The fourth-order valence-electron chi connectivity index (χ4n) is 2.21. The number of hydrogen-bond donors (Lipinski definition) is 1. The van der Waals surface area contributed by atoms with E-state index in [1.165, 1.54) is 6.07 Å². The summed E-state index contributed by atoms with van der Waals surface area (Å²) < 4.78 is 30.5. The predicted octanol–water partition coefficient (Wildman–Crippen LogP) is 2.61. The van der Waals surface area contributed by atoms with Crippen LogP contribution in [0, 0.1) is 6.92 Å². The van der Waals surface area contributed by atoms with Gasteiger partial charge in [0.05, 0.1) is 18.5 Å². The Morgan fingerprint density at radius 2 is 1.88 bits per heavy atom. The largest absolute Gasteiger partial charge is 0.492 e. The first-order valence-electron chi connectivity index (χ1n) is 7.95. The number of nitrogens with one attached hydrogen (secondary N) is 1. The summed E-state index contributed by atoms with van der Waals surface area (Å²) in [7, 11) is -3.62. The van der Waals surface area contributed by atoms with E-state index in [2.05, 4.69) is 5.32 Å². The van der Waals surface area contributed by atoms with Crippen LogP contribution in [0.2, 0.25) is 5.02 Å². The van der Waals surface area contributed by atoms with E-state index >= 15 is 0 Å². The second kappa shape index (κ2) is 8.91. The van der Waals surface area contributed by atoms with Crippen LogP contribution in [0.25, 0.3) is 0 Å². The lowest BCUT2D eigenvalue weighted by atomic mass is 10.2. The van der Waals surface area contributed by atoms with Gasteiger partial charge < -0.3 is 10.1 Å². The summed E-state index contributed by atoms with van der Waals surface area (Å²) in [5, 5.41) is 3.04. The van der Waals surface area contributed by atoms with E-state index in [9.17, 15) is 13.2 Å². The molecule has 0 unspecified atom stereocenters. The van der Waals surface area contributed by atoms with E-state index in [-0.39, 0.29) is 19.7 Å². The summed E-state index contributed by atoms with van der Waals surface area (Å²) in [6.07, 6.45) is 1.04. The summed E-state index contributed by atoms with van der Waals surface area (Å²) in [5.74, 6) is 0.282. The molecule has 0 atom stereocenters. The van der Waals surface area contributed by atoms with Crippen molar-refractivity contribution in [3.63, 3.8) is 0 Å². The van der Waals surface area contributed by atoms with E-state index in [0.717, 1.165) is 16.1 Å². The molecule has 1 N–H and O–H groups in total. The Morgan fingerprint density at radius 3 is 2.50 bits per heavy atom. The van der Waals surface area contributed by atoms with E-state index in [0.29, 0.717) is 16.5 Å². The van der Waals surface area contributed by atoms with Gasteiger partial charge in [0.25, 0.3) is 0 Å². The van der Waals surface area contributed by atoms with Gasteiger partial charge >= 0.3 is 0 Å². The molecule has 0 aliphatic rings. The number of amides is 1. The molecule has 0 aliphatic heterocycles. The first kappa shape index (κ1) is 20.1. The summed E-state index contributed by atoms with van der Waals surface area (Å²) in [6, 6.07) is 13.9. The Labute approximate surface area is 158 Å². The summed E-state index contributed by atoms with van der Waals surface area (Å²) in [4.78, 5) is 12.1. The number of nitrogens with zero attached hydrogens (tertiary/aromatic N) is 1. The molecule has 140 valence electrons. The van der Waals surface area contributed by atoms with Crippen molar-refractivity contribution in [3.05, 3.63) is 59.1 Å². The van der Waals surface area contributed by atoms with Crippen molar-refractivity contribution < 1.29 is 17.9 Å². The standard InChI is InChI=1S/C18H21ClN2O4S/c1-14-6-8-17(9-7-14)25-11-10-20-18(22)13-21(26(2,23)24)16-5-3-4-15(19)12-16/h3-9,12H,10-11,13H2,1-2H3,(H,20,22). The fraction of sp³-hybridized carbons (Fsp3) is 0.278. The maximum atomic E-state index is 12.1. The molecule has 26 heavy (non-hydrogen) atoms. The Bertz CT molecular complexity index is 854. The molecule has 0 aromatic heterocycles. The predicted molar refractivity (Wildman–Crippen MR) is 103 cm³/mol. The van der Waals surface area contributed by atoms with Crippen LogP contribution in [-0.4, -0.2) is 40.3 Å². The van der Waals surface area contributed by atoms with Crippen LogP contribution < -0.4 is 14.4 Å². The van der Waals surface area contributed by atoms with Crippen LogP contribution >= 0.6 is 11.6 Å². The van der Waals surface area contributed by atoms with Gasteiger partial charge in [0, 0.05) is 5.02 Å². The average Bonchev–Trinajstić information content (AvgIpc) is 2.57. The van der Waals surface area contributed by atoms with Gasteiger partial charge in [0.1, 0.15) is 18.9 Å². The van der Waals surface area contributed by atoms with Crippen molar-refractivity contribution in [1.82, 2.24) is 5.32 Å². The van der Waals surface area contributed by atoms with E-state index in [1.54, 1.807) is 18.2 Å². The van der Waals surface area contributed by atoms with Crippen molar-refractivity contribution in [2.75, 3.05) is 30.3 Å². The van der Waals surface area contributed by atoms with Gasteiger partial charge in [-0.05, 0) is 37.3 Å². The Balaban J connectivity index is 1.88. The summed E-state index contributed by atoms with van der Waals surface area (Å²) in [6.45, 7) is 2.20.